The summed E-state index contributed by atoms with van der Waals surface area (Å²) in [6.45, 7) is 0.582. The molecule has 0 saturated heterocycles. The van der Waals surface area contributed by atoms with Crippen molar-refractivity contribution in [2.75, 3.05) is 18.5 Å². The minimum atomic E-state index is 0.0825. The standard InChI is InChI=1S/C18H18N4O/c19-11-14-12-5-1-2-6-13(12)17(20-9-10-23)22-16-8-4-3-7-15(16)21-18(14)22/h3-4,7-8,23H,1-2,5-6,9-10H2,(H,20,21)/p+1. The first-order valence-corrected chi connectivity index (χ1v) is 8.10. The van der Waals surface area contributed by atoms with Gasteiger partial charge in [-0.3, -0.25) is 4.98 Å². The number of anilines is 1. The van der Waals surface area contributed by atoms with Gasteiger partial charge in [0.25, 0.3) is 0 Å². The maximum atomic E-state index is 9.74. The van der Waals surface area contributed by atoms with E-state index in [1.54, 1.807) is 0 Å². The lowest BCUT2D eigenvalue weighted by atomic mass is 9.89. The van der Waals surface area contributed by atoms with Gasteiger partial charge in [-0.2, -0.15) is 9.66 Å². The molecule has 116 valence electrons. The third-order valence-electron chi connectivity index (χ3n) is 4.65. The van der Waals surface area contributed by atoms with Crippen molar-refractivity contribution in [3.63, 3.8) is 0 Å². The maximum absolute atomic E-state index is 9.74. The number of nitrogens with one attached hydrogen (secondary N) is 2. The van der Waals surface area contributed by atoms with E-state index in [0.29, 0.717) is 6.54 Å². The Morgan fingerprint density at radius 2 is 2.00 bits per heavy atom. The average molecular weight is 307 g/mol. The third-order valence-corrected chi connectivity index (χ3v) is 4.65. The number of para-hydroxylation sites is 2. The summed E-state index contributed by atoms with van der Waals surface area (Å²) in [5.74, 6) is 1.01. The molecule has 3 aromatic rings. The van der Waals surface area contributed by atoms with Crippen LogP contribution in [0.25, 0.3) is 16.7 Å². The summed E-state index contributed by atoms with van der Waals surface area (Å²) in [4.78, 5) is 3.40. The number of H-pyrrole nitrogens is 1. The van der Waals surface area contributed by atoms with Crippen molar-refractivity contribution in [2.45, 2.75) is 25.7 Å². The molecule has 0 amide bonds. The zero-order valence-electron chi connectivity index (χ0n) is 12.9. The highest BCUT2D eigenvalue weighted by Crippen LogP contribution is 2.31. The lowest BCUT2D eigenvalue weighted by Gasteiger charge is -2.19. The molecular weight excluding hydrogens is 288 g/mol. The molecule has 23 heavy (non-hydrogen) atoms. The molecule has 4 rings (SSSR count). The van der Waals surface area contributed by atoms with Gasteiger partial charge in [0, 0.05) is 5.56 Å². The molecule has 0 atom stereocenters. The monoisotopic (exact) mass is 307 g/mol. The molecular formula is C18H19N4O+. The summed E-state index contributed by atoms with van der Waals surface area (Å²) in [6.07, 6.45) is 4.18. The highest BCUT2D eigenvalue weighted by molar-refractivity contribution is 5.78. The van der Waals surface area contributed by atoms with Crippen molar-refractivity contribution in [3.05, 3.63) is 41.0 Å². The molecule has 0 fully saturated rings. The molecule has 3 N–H and O–H groups in total. The fraction of sp³-hybridized carbons (Fsp3) is 0.333. The van der Waals surface area contributed by atoms with E-state index >= 15 is 0 Å². The van der Waals surface area contributed by atoms with Crippen LogP contribution < -0.4 is 9.72 Å². The van der Waals surface area contributed by atoms with Crippen molar-refractivity contribution >= 4 is 22.5 Å². The van der Waals surface area contributed by atoms with Crippen molar-refractivity contribution in [3.8, 4) is 6.07 Å². The Morgan fingerprint density at radius 3 is 2.78 bits per heavy atom. The molecule has 2 aromatic heterocycles. The van der Waals surface area contributed by atoms with Crippen LogP contribution in [0.5, 0.6) is 0 Å². The van der Waals surface area contributed by atoms with E-state index in [4.69, 9.17) is 0 Å². The number of nitriles is 1. The summed E-state index contributed by atoms with van der Waals surface area (Å²) in [7, 11) is 0. The van der Waals surface area contributed by atoms with Gasteiger partial charge in [-0.1, -0.05) is 12.1 Å². The minimum absolute atomic E-state index is 0.0825. The quantitative estimate of drug-likeness (QED) is 0.648. The lowest BCUT2D eigenvalue weighted by Crippen LogP contribution is -2.31. The molecule has 0 radical (unpaired) electrons. The smallest absolute Gasteiger partial charge is 0.250 e. The number of aliphatic hydroxyl groups is 1. The van der Waals surface area contributed by atoms with Gasteiger partial charge in [-0.25, -0.2) is 0 Å². The Hall–Kier alpha value is -2.58. The lowest BCUT2D eigenvalue weighted by molar-refractivity contribution is -0.465. The van der Waals surface area contributed by atoms with Crippen LogP contribution in [-0.2, 0) is 12.8 Å². The van der Waals surface area contributed by atoms with Crippen LogP contribution in [0.1, 0.15) is 29.5 Å². The summed E-state index contributed by atoms with van der Waals surface area (Å²) in [5.41, 5.74) is 6.04. The van der Waals surface area contributed by atoms with E-state index in [1.165, 1.54) is 5.56 Å². The topological polar surface area (TPSA) is 75.9 Å². The van der Waals surface area contributed by atoms with Gasteiger partial charge in [0.1, 0.15) is 22.7 Å². The van der Waals surface area contributed by atoms with Crippen LogP contribution in [-0.4, -0.2) is 23.2 Å². The molecule has 0 aliphatic heterocycles. The second-order valence-electron chi connectivity index (χ2n) is 5.98. The number of fused-ring (bicyclic) bond motifs is 4. The molecule has 0 saturated carbocycles. The predicted octanol–water partition coefficient (Wildman–Crippen LogP) is 2.06. The Balaban J connectivity index is 2.15. The van der Waals surface area contributed by atoms with E-state index in [1.807, 2.05) is 18.2 Å². The van der Waals surface area contributed by atoms with Gasteiger partial charge < -0.3 is 10.4 Å². The number of aromatic nitrogens is 2. The van der Waals surface area contributed by atoms with Gasteiger partial charge in [0.15, 0.2) is 0 Å². The molecule has 0 bridgehead atoms. The third kappa shape index (κ3) is 2.07. The summed E-state index contributed by atoms with van der Waals surface area (Å²) in [5, 5.41) is 22.4. The first kappa shape index (κ1) is 14.0. The summed E-state index contributed by atoms with van der Waals surface area (Å²) in [6, 6.07) is 10.5. The molecule has 1 aliphatic carbocycles. The zero-order chi connectivity index (χ0) is 15.8. The van der Waals surface area contributed by atoms with Gasteiger partial charge in [0.2, 0.25) is 11.5 Å². The number of aromatic amines is 1. The van der Waals surface area contributed by atoms with Crippen molar-refractivity contribution < 1.29 is 9.51 Å². The largest absolute Gasteiger partial charge is 0.393 e. The maximum Gasteiger partial charge on any atom is 0.250 e. The van der Waals surface area contributed by atoms with Gasteiger partial charge in [0.05, 0.1) is 13.2 Å². The van der Waals surface area contributed by atoms with E-state index in [-0.39, 0.29) is 6.61 Å². The van der Waals surface area contributed by atoms with E-state index in [2.05, 4.69) is 26.8 Å². The fourth-order valence-electron chi connectivity index (χ4n) is 3.69. The first-order chi connectivity index (χ1) is 11.3. The zero-order valence-corrected chi connectivity index (χ0v) is 12.9. The van der Waals surface area contributed by atoms with Gasteiger partial charge in [-0.15, -0.1) is 0 Å². The van der Waals surface area contributed by atoms with Crippen LogP contribution >= 0.6 is 0 Å². The van der Waals surface area contributed by atoms with Gasteiger partial charge >= 0.3 is 0 Å². The minimum Gasteiger partial charge on any atom is -0.393 e. The Bertz CT molecular complexity index is 936. The van der Waals surface area contributed by atoms with E-state index in [0.717, 1.165) is 59.3 Å². The van der Waals surface area contributed by atoms with Crippen LogP contribution in [0.15, 0.2) is 24.3 Å². The Kier molecular flexibility index (Phi) is 3.40. The van der Waals surface area contributed by atoms with Crippen molar-refractivity contribution in [1.82, 2.24) is 4.98 Å². The number of aliphatic hydroxyl groups excluding tert-OH is 1. The highest BCUT2D eigenvalue weighted by Gasteiger charge is 2.28. The first-order valence-electron chi connectivity index (χ1n) is 8.10. The van der Waals surface area contributed by atoms with Crippen LogP contribution in [0.3, 0.4) is 0 Å². The molecule has 5 nitrogen and oxygen atoms in total. The summed E-state index contributed by atoms with van der Waals surface area (Å²) >= 11 is 0. The number of benzene rings is 1. The van der Waals surface area contributed by atoms with Gasteiger partial charge in [-0.05, 0) is 43.4 Å². The Labute approximate surface area is 134 Å². The SMILES string of the molecule is N#Cc1c2c(c(NCCO)[n+]3c1[nH]c1ccccc13)CCCC2. The van der Waals surface area contributed by atoms with E-state index < -0.39 is 0 Å². The molecule has 0 unspecified atom stereocenters. The number of hydrogen-bond donors (Lipinski definition) is 3. The molecule has 5 heteroatoms. The van der Waals surface area contributed by atoms with Crippen LogP contribution in [0, 0.1) is 11.3 Å². The predicted molar refractivity (Wildman–Crippen MR) is 88.4 cm³/mol. The molecule has 1 aromatic carbocycles. The number of rotatable bonds is 3. The molecule has 1 aliphatic rings. The van der Waals surface area contributed by atoms with Crippen molar-refractivity contribution in [2.24, 2.45) is 0 Å². The van der Waals surface area contributed by atoms with Crippen molar-refractivity contribution in [1.29, 1.82) is 5.26 Å². The number of imidazole rings is 1. The molecule has 2 heterocycles. The normalized spacial score (nSPS) is 13.9. The van der Waals surface area contributed by atoms with E-state index in [9.17, 15) is 10.4 Å². The number of hydrogen-bond acceptors (Lipinski definition) is 3. The number of pyridine rings is 1. The van der Waals surface area contributed by atoms with Crippen LogP contribution in [0.2, 0.25) is 0 Å². The highest BCUT2D eigenvalue weighted by atomic mass is 16.3. The van der Waals surface area contributed by atoms with Crippen LogP contribution in [0.4, 0.5) is 5.82 Å². The summed E-state index contributed by atoms with van der Waals surface area (Å²) < 4.78 is 2.10. The number of nitrogens with zero attached hydrogens (tertiary/aromatic N) is 2. The molecule has 0 spiro atoms. The Morgan fingerprint density at radius 1 is 1.22 bits per heavy atom. The average Bonchev–Trinajstić information content (AvgIpc) is 2.98. The fourth-order valence-corrected chi connectivity index (χ4v) is 3.69. The second-order valence-corrected chi connectivity index (χ2v) is 5.98. The second kappa shape index (κ2) is 5.56.